The number of hydrogen-bond donors (Lipinski definition) is 1. The number of fused-ring (bicyclic) bond motifs is 1. The Bertz CT molecular complexity index is 879. The highest BCUT2D eigenvalue weighted by atomic mass is 32.2. The SMILES string of the molecule is COc1cc(OC)nc(NC(=O)CSc2ccc3ccccc3c2)n1. The highest BCUT2D eigenvalue weighted by Crippen LogP contribution is 2.24. The molecule has 0 radical (unpaired) electrons. The fourth-order valence-corrected chi connectivity index (χ4v) is 2.98. The number of benzene rings is 2. The molecule has 6 nitrogen and oxygen atoms in total. The first-order valence-corrected chi connectivity index (χ1v) is 8.55. The van der Waals surface area contributed by atoms with E-state index < -0.39 is 0 Å². The minimum atomic E-state index is -0.200. The number of thioether (sulfide) groups is 1. The summed E-state index contributed by atoms with van der Waals surface area (Å²) < 4.78 is 10.1. The summed E-state index contributed by atoms with van der Waals surface area (Å²) in [5.41, 5.74) is 0. The summed E-state index contributed by atoms with van der Waals surface area (Å²) in [6, 6.07) is 15.8. The quantitative estimate of drug-likeness (QED) is 0.684. The molecule has 7 heteroatoms. The van der Waals surface area contributed by atoms with Crippen LogP contribution in [0.3, 0.4) is 0 Å². The van der Waals surface area contributed by atoms with Crippen LogP contribution in [0.5, 0.6) is 11.8 Å². The number of aromatic nitrogens is 2. The molecule has 3 aromatic rings. The molecule has 1 aromatic heterocycles. The third-order valence-corrected chi connectivity index (χ3v) is 4.43. The van der Waals surface area contributed by atoms with E-state index in [9.17, 15) is 4.79 Å². The number of nitrogens with one attached hydrogen (secondary N) is 1. The monoisotopic (exact) mass is 355 g/mol. The van der Waals surface area contributed by atoms with E-state index >= 15 is 0 Å². The molecule has 0 unspecified atom stereocenters. The Balaban J connectivity index is 1.64. The van der Waals surface area contributed by atoms with Crippen molar-refractivity contribution < 1.29 is 14.3 Å². The van der Waals surface area contributed by atoms with Gasteiger partial charge >= 0.3 is 0 Å². The van der Waals surface area contributed by atoms with Crippen molar-refractivity contribution in [3.05, 3.63) is 48.5 Å². The summed E-state index contributed by atoms with van der Waals surface area (Å²) in [6.07, 6.45) is 0. The van der Waals surface area contributed by atoms with Crippen LogP contribution in [-0.4, -0.2) is 35.8 Å². The molecule has 2 aromatic carbocycles. The number of carbonyl (C=O) groups excluding carboxylic acids is 1. The predicted molar refractivity (Wildman–Crippen MR) is 98.4 cm³/mol. The van der Waals surface area contributed by atoms with Gasteiger partial charge in [0.05, 0.1) is 26.0 Å². The predicted octanol–water partition coefficient (Wildman–Crippen LogP) is 3.38. The molecule has 0 aliphatic rings. The van der Waals surface area contributed by atoms with Crippen molar-refractivity contribution in [3.8, 4) is 11.8 Å². The molecule has 1 heterocycles. The number of nitrogens with zero attached hydrogens (tertiary/aromatic N) is 2. The van der Waals surface area contributed by atoms with E-state index in [0.717, 1.165) is 10.3 Å². The average Bonchev–Trinajstić information content (AvgIpc) is 2.65. The number of ether oxygens (including phenoxy) is 2. The standard InChI is InChI=1S/C18H17N3O3S/c1-23-16-10-17(24-2)21-18(20-16)19-15(22)11-25-14-8-7-12-5-3-4-6-13(12)9-14/h3-10H,11H2,1-2H3,(H,19,20,21,22). The van der Waals surface area contributed by atoms with Gasteiger partial charge in [-0.05, 0) is 22.9 Å². The summed E-state index contributed by atoms with van der Waals surface area (Å²) in [7, 11) is 2.98. The van der Waals surface area contributed by atoms with Gasteiger partial charge in [0.25, 0.3) is 0 Å². The highest BCUT2D eigenvalue weighted by Gasteiger charge is 2.10. The topological polar surface area (TPSA) is 73.3 Å². The number of methoxy groups -OCH3 is 2. The third kappa shape index (κ3) is 4.39. The van der Waals surface area contributed by atoms with Crippen LogP contribution >= 0.6 is 11.8 Å². The average molecular weight is 355 g/mol. The Kier molecular flexibility index (Phi) is 5.35. The smallest absolute Gasteiger partial charge is 0.237 e. The van der Waals surface area contributed by atoms with Gasteiger partial charge in [0.2, 0.25) is 23.6 Å². The zero-order valence-corrected chi connectivity index (χ0v) is 14.7. The van der Waals surface area contributed by atoms with Crippen molar-refractivity contribution in [1.82, 2.24) is 9.97 Å². The van der Waals surface area contributed by atoms with Gasteiger partial charge in [0.15, 0.2) is 0 Å². The highest BCUT2D eigenvalue weighted by molar-refractivity contribution is 8.00. The first-order chi connectivity index (χ1) is 12.2. The number of hydrogen-bond acceptors (Lipinski definition) is 6. The normalized spacial score (nSPS) is 10.5. The zero-order valence-electron chi connectivity index (χ0n) is 13.9. The van der Waals surface area contributed by atoms with Gasteiger partial charge in [-0.3, -0.25) is 10.1 Å². The van der Waals surface area contributed by atoms with Crippen LogP contribution in [-0.2, 0) is 4.79 Å². The lowest BCUT2D eigenvalue weighted by Crippen LogP contribution is -2.16. The maximum Gasteiger partial charge on any atom is 0.237 e. The van der Waals surface area contributed by atoms with Crippen molar-refractivity contribution >= 4 is 34.4 Å². The van der Waals surface area contributed by atoms with E-state index in [1.54, 1.807) is 6.07 Å². The Morgan fingerprint density at radius 2 is 1.68 bits per heavy atom. The molecule has 0 spiro atoms. The van der Waals surface area contributed by atoms with Gasteiger partial charge in [-0.2, -0.15) is 9.97 Å². The molecule has 0 aliphatic heterocycles. The summed E-state index contributed by atoms with van der Waals surface area (Å²) in [5, 5.41) is 4.98. The van der Waals surface area contributed by atoms with Crippen LogP contribution in [0.1, 0.15) is 0 Å². The van der Waals surface area contributed by atoms with E-state index in [1.807, 2.05) is 24.3 Å². The van der Waals surface area contributed by atoms with Crippen molar-refractivity contribution in [3.63, 3.8) is 0 Å². The van der Waals surface area contributed by atoms with Gasteiger partial charge in [-0.15, -0.1) is 11.8 Å². The molecule has 1 N–H and O–H groups in total. The molecule has 3 rings (SSSR count). The molecule has 0 aliphatic carbocycles. The second kappa shape index (κ2) is 7.85. The van der Waals surface area contributed by atoms with Crippen molar-refractivity contribution in [2.24, 2.45) is 0 Å². The molecular formula is C18H17N3O3S. The first-order valence-electron chi connectivity index (χ1n) is 7.56. The second-order valence-electron chi connectivity index (χ2n) is 5.12. The Labute approximate surface area is 149 Å². The zero-order chi connectivity index (χ0) is 17.6. The third-order valence-electron chi connectivity index (χ3n) is 3.44. The Morgan fingerprint density at radius 1 is 1.00 bits per heavy atom. The number of carbonyl (C=O) groups is 1. The lowest BCUT2D eigenvalue weighted by Gasteiger charge is -2.08. The van der Waals surface area contributed by atoms with Crippen LogP contribution in [0, 0.1) is 0 Å². The molecule has 0 saturated carbocycles. The van der Waals surface area contributed by atoms with Crippen LogP contribution in [0.15, 0.2) is 53.4 Å². The summed E-state index contributed by atoms with van der Waals surface area (Å²) in [4.78, 5) is 21.3. The van der Waals surface area contributed by atoms with Gasteiger partial charge < -0.3 is 9.47 Å². The molecule has 0 atom stereocenters. The minimum Gasteiger partial charge on any atom is -0.481 e. The van der Waals surface area contributed by atoms with E-state index in [2.05, 4.69) is 33.5 Å². The largest absolute Gasteiger partial charge is 0.481 e. The lowest BCUT2D eigenvalue weighted by atomic mass is 10.1. The molecule has 0 fully saturated rings. The maximum absolute atomic E-state index is 12.2. The summed E-state index contributed by atoms with van der Waals surface area (Å²) in [6.45, 7) is 0. The lowest BCUT2D eigenvalue weighted by molar-refractivity contribution is -0.113. The van der Waals surface area contributed by atoms with Crippen molar-refractivity contribution in [2.45, 2.75) is 4.90 Å². The molecule has 128 valence electrons. The molecule has 0 saturated heterocycles. The van der Waals surface area contributed by atoms with Crippen molar-refractivity contribution in [2.75, 3.05) is 25.3 Å². The van der Waals surface area contributed by atoms with Crippen LogP contribution in [0.2, 0.25) is 0 Å². The fourth-order valence-electron chi connectivity index (χ4n) is 2.24. The first kappa shape index (κ1) is 17.0. The van der Waals surface area contributed by atoms with Crippen LogP contribution in [0.25, 0.3) is 10.8 Å². The van der Waals surface area contributed by atoms with E-state index in [-0.39, 0.29) is 17.6 Å². The fraction of sp³-hybridized carbons (Fsp3) is 0.167. The van der Waals surface area contributed by atoms with Gasteiger partial charge in [0, 0.05) is 4.90 Å². The second-order valence-corrected chi connectivity index (χ2v) is 6.17. The molecular weight excluding hydrogens is 338 g/mol. The summed E-state index contributed by atoms with van der Waals surface area (Å²) in [5.74, 6) is 0.851. The van der Waals surface area contributed by atoms with E-state index in [0.29, 0.717) is 11.8 Å². The minimum absolute atomic E-state index is 0.153. The van der Waals surface area contributed by atoms with Crippen molar-refractivity contribution in [1.29, 1.82) is 0 Å². The van der Waals surface area contributed by atoms with Gasteiger partial charge in [-0.1, -0.05) is 30.3 Å². The Morgan fingerprint density at radius 3 is 2.36 bits per heavy atom. The number of anilines is 1. The summed E-state index contributed by atoms with van der Waals surface area (Å²) >= 11 is 1.45. The van der Waals surface area contributed by atoms with Gasteiger partial charge in [-0.25, -0.2) is 0 Å². The number of amides is 1. The Hall–Kier alpha value is -2.80. The molecule has 1 amide bonds. The molecule has 0 bridgehead atoms. The molecule has 25 heavy (non-hydrogen) atoms. The van der Waals surface area contributed by atoms with E-state index in [4.69, 9.17) is 9.47 Å². The van der Waals surface area contributed by atoms with Crippen LogP contribution in [0.4, 0.5) is 5.95 Å². The maximum atomic E-state index is 12.2. The number of rotatable bonds is 6. The van der Waals surface area contributed by atoms with Gasteiger partial charge in [0.1, 0.15) is 0 Å². The van der Waals surface area contributed by atoms with Crippen LogP contribution < -0.4 is 14.8 Å². The van der Waals surface area contributed by atoms with E-state index in [1.165, 1.54) is 31.4 Å².